The van der Waals surface area contributed by atoms with E-state index in [0.29, 0.717) is 6.04 Å². The number of likely N-dealkylation sites (tertiary alicyclic amines) is 1. The molecule has 248 valence electrons. The summed E-state index contributed by atoms with van der Waals surface area (Å²) in [5.41, 5.74) is -1.27. The zero-order valence-electron chi connectivity index (χ0n) is 25.6. The van der Waals surface area contributed by atoms with E-state index in [1.807, 2.05) is 0 Å². The summed E-state index contributed by atoms with van der Waals surface area (Å²) in [6.45, 7) is 7.17. The molecular weight excluding hydrogens is 659 g/mol. The molecule has 15 heteroatoms. The Hall–Kier alpha value is -4.14. The third-order valence-electron chi connectivity index (χ3n) is 8.23. The molecule has 0 amide bonds. The number of piperidine rings is 1. The monoisotopic (exact) mass is 689 g/mol. The van der Waals surface area contributed by atoms with Gasteiger partial charge in [-0.1, -0.05) is 11.6 Å². The molecule has 2 aliphatic heterocycles. The molecule has 47 heavy (non-hydrogen) atoms. The summed E-state index contributed by atoms with van der Waals surface area (Å²) in [6.07, 6.45) is 2.22. The van der Waals surface area contributed by atoms with Crippen molar-refractivity contribution in [3.05, 3.63) is 70.6 Å². The fraction of sp³-hybridized carbons (Fsp3) is 0.344. The largest absolute Gasteiger partial charge is 0.487 e. The molecule has 10 nitrogen and oxygen atoms in total. The van der Waals surface area contributed by atoms with Crippen LogP contribution in [0.2, 0.25) is 5.02 Å². The average molecular weight is 690 g/mol. The van der Waals surface area contributed by atoms with Crippen molar-refractivity contribution >= 4 is 50.1 Å². The number of ether oxygens (including phenoxy) is 2. The molecule has 1 aromatic heterocycles. The Morgan fingerprint density at radius 3 is 2.55 bits per heavy atom. The summed E-state index contributed by atoms with van der Waals surface area (Å²) in [7, 11) is -4.58. The maximum atomic E-state index is 15.9. The van der Waals surface area contributed by atoms with Gasteiger partial charge in [0.1, 0.15) is 34.4 Å². The number of aromatic nitrogens is 2. The summed E-state index contributed by atoms with van der Waals surface area (Å²) in [4.78, 5) is 22.0. The third-order valence-corrected chi connectivity index (χ3v) is 9.81. The smallest absolute Gasteiger partial charge is 0.303 e. The summed E-state index contributed by atoms with van der Waals surface area (Å²) in [5.74, 6) is -3.65. The van der Waals surface area contributed by atoms with Crippen LogP contribution in [-0.4, -0.2) is 61.0 Å². The number of hydrogen-bond acceptors (Lipinski definition) is 9. The predicted molar refractivity (Wildman–Crippen MR) is 170 cm³/mol. The molecule has 0 unspecified atom stereocenters. The number of hydrogen-bond donors (Lipinski definition) is 2. The van der Waals surface area contributed by atoms with Gasteiger partial charge in [-0.2, -0.15) is 0 Å². The van der Waals surface area contributed by atoms with Crippen LogP contribution >= 0.6 is 11.6 Å². The van der Waals surface area contributed by atoms with Crippen LogP contribution < -0.4 is 14.8 Å². The van der Waals surface area contributed by atoms with Crippen molar-refractivity contribution < 1.29 is 35.9 Å². The summed E-state index contributed by atoms with van der Waals surface area (Å²) >= 11 is 6.17. The average Bonchev–Trinajstić information content (AvgIpc) is 3.40. The molecule has 0 bridgehead atoms. The fourth-order valence-corrected chi connectivity index (χ4v) is 7.43. The minimum Gasteiger partial charge on any atom is -0.487 e. The van der Waals surface area contributed by atoms with Crippen molar-refractivity contribution in [2.45, 2.75) is 56.7 Å². The molecule has 2 N–H and O–H groups in total. The van der Waals surface area contributed by atoms with Crippen molar-refractivity contribution in [2.75, 3.05) is 29.7 Å². The van der Waals surface area contributed by atoms with Gasteiger partial charge in [0.25, 0.3) is 10.0 Å². The predicted octanol–water partition coefficient (Wildman–Crippen LogP) is 6.45. The molecular formula is C32H31ClF3N5O5S. The van der Waals surface area contributed by atoms with Crippen LogP contribution in [0.15, 0.2) is 47.5 Å². The van der Waals surface area contributed by atoms with Crippen LogP contribution in [0.4, 0.5) is 24.8 Å². The Morgan fingerprint density at radius 2 is 1.85 bits per heavy atom. The van der Waals surface area contributed by atoms with Gasteiger partial charge >= 0.3 is 5.97 Å². The first-order chi connectivity index (χ1) is 22.3. The number of esters is 1. The first-order valence-electron chi connectivity index (χ1n) is 14.9. The second kappa shape index (κ2) is 12.8. The third kappa shape index (κ3) is 6.67. The Bertz CT molecular complexity index is 1990. The lowest BCUT2D eigenvalue weighted by Gasteiger charge is -2.34. The molecule has 0 aliphatic carbocycles. The van der Waals surface area contributed by atoms with Crippen molar-refractivity contribution in [1.82, 2.24) is 14.9 Å². The van der Waals surface area contributed by atoms with E-state index >= 15 is 13.2 Å². The van der Waals surface area contributed by atoms with E-state index in [1.165, 1.54) is 25.3 Å². The Kier molecular flexibility index (Phi) is 8.94. The molecule has 0 spiro atoms. The number of benzene rings is 3. The molecule has 1 fully saturated rings. The van der Waals surface area contributed by atoms with Gasteiger partial charge in [-0.05, 0) is 68.7 Å². The van der Waals surface area contributed by atoms with Crippen molar-refractivity contribution in [2.24, 2.45) is 0 Å². The summed E-state index contributed by atoms with van der Waals surface area (Å²) < 4.78 is 86.2. The lowest BCUT2D eigenvalue weighted by molar-refractivity contribution is -0.147. The van der Waals surface area contributed by atoms with E-state index in [1.54, 1.807) is 0 Å². The second-order valence-corrected chi connectivity index (χ2v) is 13.8. The molecule has 1 atom stereocenters. The van der Waals surface area contributed by atoms with Gasteiger partial charge < -0.3 is 19.7 Å². The summed E-state index contributed by atoms with van der Waals surface area (Å²) in [5, 5.41) is 3.45. The number of sulfonamides is 1. The number of carbonyl (C=O) groups is 1. The molecule has 1 saturated heterocycles. The molecule has 6 rings (SSSR count). The molecule has 0 radical (unpaired) electrons. The zero-order valence-corrected chi connectivity index (χ0v) is 27.2. The summed E-state index contributed by atoms with van der Waals surface area (Å²) in [6, 6.07) is 7.11. The maximum Gasteiger partial charge on any atom is 0.303 e. The molecule has 4 aromatic rings. The van der Waals surface area contributed by atoms with Crippen LogP contribution in [0, 0.1) is 17.5 Å². The highest BCUT2D eigenvalue weighted by molar-refractivity contribution is 7.92. The van der Waals surface area contributed by atoms with E-state index in [-0.39, 0.29) is 51.4 Å². The van der Waals surface area contributed by atoms with Crippen LogP contribution in [0.1, 0.15) is 45.3 Å². The second-order valence-electron chi connectivity index (χ2n) is 11.8. The van der Waals surface area contributed by atoms with Crippen molar-refractivity contribution in [3.8, 4) is 16.9 Å². The minimum atomic E-state index is -4.58. The van der Waals surface area contributed by atoms with Gasteiger partial charge in [0.2, 0.25) is 5.95 Å². The SMILES string of the molecule is CC(=O)O[C@@H]1COc2c1cc(Cl)cc2S(=O)(=O)Nc1ccc(F)c(-c2cc(F)c3nc(NC4CCN(C(C)C)CC4)ncc3c2)c1F. The zero-order chi connectivity index (χ0) is 33.6. The topological polar surface area (TPSA) is 123 Å². The number of nitrogens with zero attached hydrogens (tertiary/aromatic N) is 3. The van der Waals surface area contributed by atoms with Crippen LogP contribution in [0.5, 0.6) is 5.75 Å². The van der Waals surface area contributed by atoms with Crippen LogP contribution in [0.3, 0.4) is 0 Å². The molecule has 3 aromatic carbocycles. The Morgan fingerprint density at radius 1 is 1.11 bits per heavy atom. The maximum absolute atomic E-state index is 15.9. The normalized spacial score (nSPS) is 17.1. The Labute approximate surface area is 274 Å². The van der Waals surface area contributed by atoms with Crippen LogP contribution in [-0.2, 0) is 19.6 Å². The lowest BCUT2D eigenvalue weighted by Crippen LogP contribution is -2.42. The molecule has 2 aliphatic rings. The highest BCUT2D eigenvalue weighted by atomic mass is 35.5. The number of carbonyl (C=O) groups excluding carboxylic acids is 1. The van der Waals surface area contributed by atoms with Crippen molar-refractivity contribution in [1.29, 1.82) is 0 Å². The molecule has 3 heterocycles. The number of nitrogens with one attached hydrogen (secondary N) is 2. The number of anilines is 2. The van der Waals surface area contributed by atoms with E-state index in [2.05, 4.69) is 38.8 Å². The highest BCUT2D eigenvalue weighted by Crippen LogP contribution is 2.43. The highest BCUT2D eigenvalue weighted by Gasteiger charge is 2.34. The lowest BCUT2D eigenvalue weighted by atomic mass is 10.0. The van der Waals surface area contributed by atoms with E-state index in [0.717, 1.165) is 50.2 Å². The first-order valence-corrected chi connectivity index (χ1v) is 16.8. The van der Waals surface area contributed by atoms with E-state index in [4.69, 9.17) is 21.1 Å². The quantitative estimate of drug-likeness (QED) is 0.201. The molecule has 0 saturated carbocycles. The van der Waals surface area contributed by atoms with Gasteiger partial charge in [-0.3, -0.25) is 9.52 Å². The van der Waals surface area contributed by atoms with Gasteiger partial charge in [0, 0.05) is 54.3 Å². The first kappa shape index (κ1) is 32.8. The van der Waals surface area contributed by atoms with E-state index in [9.17, 15) is 13.2 Å². The Balaban J connectivity index is 1.28. The fourth-order valence-electron chi connectivity index (χ4n) is 5.88. The van der Waals surface area contributed by atoms with Gasteiger partial charge in [0.05, 0.1) is 11.3 Å². The minimum absolute atomic E-state index is 0.00391. The van der Waals surface area contributed by atoms with E-state index < -0.39 is 55.7 Å². The van der Waals surface area contributed by atoms with Gasteiger partial charge in [0.15, 0.2) is 11.9 Å². The van der Waals surface area contributed by atoms with Crippen LogP contribution in [0.25, 0.3) is 22.0 Å². The number of fused-ring (bicyclic) bond motifs is 2. The van der Waals surface area contributed by atoms with Crippen molar-refractivity contribution in [3.63, 3.8) is 0 Å². The van der Waals surface area contributed by atoms with Gasteiger partial charge in [-0.15, -0.1) is 0 Å². The number of rotatable bonds is 8. The standard InChI is InChI=1S/C32H31ClF3N5O5S/c1-16(2)41-8-6-21(7-9-41)38-32-37-14-19-10-18(11-24(35)30(19)39-32)28-23(34)4-5-25(29(28)36)40-47(43,44)27-13-20(33)12-22-26(46-17(3)42)15-45-31(22)27/h4-5,10-14,16,21,26,40H,6-9,15H2,1-3H3,(H,37,38,39)/t26-/m1/s1. The van der Waals surface area contributed by atoms with Gasteiger partial charge in [-0.25, -0.2) is 31.6 Å². The number of halogens is 4.